The van der Waals surface area contributed by atoms with Gasteiger partial charge in [-0.25, -0.2) is 0 Å². The number of para-hydroxylation sites is 1. The lowest BCUT2D eigenvalue weighted by molar-refractivity contribution is -0.310. The van der Waals surface area contributed by atoms with Crippen LogP contribution in [0.4, 0.5) is 0 Å². The van der Waals surface area contributed by atoms with Gasteiger partial charge in [0.05, 0.1) is 31.1 Å². The molecule has 1 aromatic carbocycles. The minimum Gasteiger partial charge on any atom is -0.548 e. The molecule has 1 fully saturated rings. The van der Waals surface area contributed by atoms with Crippen molar-refractivity contribution in [2.24, 2.45) is 0 Å². The molecule has 8 heteroatoms. The predicted octanol–water partition coefficient (Wildman–Crippen LogP) is 1.82. The summed E-state index contributed by atoms with van der Waals surface area (Å²) in [6.45, 7) is 1.84. The number of carboxylic acid groups (broad SMARTS) is 1. The van der Waals surface area contributed by atoms with Crippen molar-refractivity contribution in [2.45, 2.75) is 25.8 Å². The maximum Gasteiger partial charge on any atom is 0.266 e. The number of carboxylic acids is 1. The predicted molar refractivity (Wildman–Crippen MR) is 98.3 cm³/mol. The molecular formula is C17H18NO5S2-. The van der Waals surface area contributed by atoms with E-state index in [2.05, 4.69) is 0 Å². The summed E-state index contributed by atoms with van der Waals surface area (Å²) in [7, 11) is 3.03. The van der Waals surface area contributed by atoms with E-state index in [-0.39, 0.29) is 10.7 Å². The number of hydrogen-bond donors (Lipinski definition) is 0. The van der Waals surface area contributed by atoms with E-state index < -0.39 is 17.9 Å². The fourth-order valence-electron chi connectivity index (χ4n) is 2.54. The van der Waals surface area contributed by atoms with Crippen LogP contribution in [-0.2, 0) is 9.59 Å². The summed E-state index contributed by atoms with van der Waals surface area (Å²) in [4.78, 5) is 25.5. The molecule has 1 saturated heterocycles. The maximum atomic E-state index is 12.7. The second kappa shape index (κ2) is 8.35. The van der Waals surface area contributed by atoms with Gasteiger partial charge in [-0.3, -0.25) is 9.69 Å². The van der Waals surface area contributed by atoms with E-state index in [0.29, 0.717) is 28.4 Å². The van der Waals surface area contributed by atoms with Crippen LogP contribution >= 0.6 is 24.0 Å². The number of hydrogen-bond acceptors (Lipinski definition) is 7. The topological polar surface area (TPSA) is 78.9 Å². The number of thioether (sulfide) groups is 1. The minimum atomic E-state index is -1.31. The fourth-order valence-corrected chi connectivity index (χ4v) is 3.89. The van der Waals surface area contributed by atoms with Crippen LogP contribution in [0.3, 0.4) is 0 Å². The standard InChI is InChI=1S/C17H19NO5S2/c1-4-6-11(16(20)21)18-15(19)13(25-17(18)24)9-10-7-5-8-12(22-2)14(10)23-3/h5,7-9,11H,4,6H2,1-3H3,(H,20,21)/p-1/b13-9-/t11-/m1/s1. The Balaban J connectivity index is 2.39. The molecule has 0 unspecified atom stereocenters. The van der Waals surface area contributed by atoms with E-state index in [9.17, 15) is 14.7 Å². The van der Waals surface area contributed by atoms with Crippen molar-refractivity contribution in [3.05, 3.63) is 28.7 Å². The molecule has 0 N–H and O–H groups in total. The van der Waals surface area contributed by atoms with Crippen molar-refractivity contribution in [1.29, 1.82) is 0 Å². The van der Waals surface area contributed by atoms with Gasteiger partial charge in [0.2, 0.25) is 0 Å². The van der Waals surface area contributed by atoms with E-state index in [0.717, 1.165) is 16.7 Å². The van der Waals surface area contributed by atoms with Crippen LogP contribution in [0.5, 0.6) is 11.5 Å². The zero-order valence-electron chi connectivity index (χ0n) is 14.1. The van der Waals surface area contributed by atoms with E-state index in [1.807, 2.05) is 6.92 Å². The van der Waals surface area contributed by atoms with E-state index >= 15 is 0 Å². The number of rotatable bonds is 7. The monoisotopic (exact) mass is 380 g/mol. The second-order valence-electron chi connectivity index (χ2n) is 5.26. The largest absolute Gasteiger partial charge is 0.548 e. The molecule has 0 spiro atoms. The van der Waals surface area contributed by atoms with Gasteiger partial charge in [0.15, 0.2) is 11.5 Å². The second-order valence-corrected chi connectivity index (χ2v) is 6.93. The third-order valence-corrected chi connectivity index (χ3v) is 5.02. The minimum absolute atomic E-state index is 0.209. The Bertz CT molecular complexity index is 732. The third kappa shape index (κ3) is 3.96. The first-order valence-electron chi connectivity index (χ1n) is 7.63. The SMILES string of the molecule is CCC[C@H](C(=O)[O-])N1C(=O)/C(=C/c2cccc(OC)c2OC)SC1=S. The summed E-state index contributed by atoms with van der Waals surface area (Å²) in [5, 5.41) is 11.4. The first-order valence-corrected chi connectivity index (χ1v) is 8.86. The van der Waals surface area contributed by atoms with Crippen molar-refractivity contribution in [1.82, 2.24) is 4.90 Å². The zero-order chi connectivity index (χ0) is 18.6. The number of nitrogens with zero attached hydrogens (tertiary/aromatic N) is 1. The number of ether oxygens (including phenoxy) is 2. The summed E-state index contributed by atoms with van der Waals surface area (Å²) in [6.07, 6.45) is 2.50. The van der Waals surface area contributed by atoms with Crippen molar-refractivity contribution in [3.63, 3.8) is 0 Å². The normalized spacial score (nSPS) is 17.1. The highest BCUT2D eigenvalue weighted by molar-refractivity contribution is 8.26. The Morgan fingerprint density at radius 2 is 2.12 bits per heavy atom. The molecule has 0 aromatic heterocycles. The van der Waals surface area contributed by atoms with Crippen molar-refractivity contribution < 1.29 is 24.2 Å². The quantitative estimate of drug-likeness (QED) is 0.527. The summed E-state index contributed by atoms with van der Waals surface area (Å²) < 4.78 is 10.8. The van der Waals surface area contributed by atoms with Crippen LogP contribution in [0.1, 0.15) is 25.3 Å². The molecule has 1 aromatic rings. The van der Waals surface area contributed by atoms with Crippen LogP contribution in [0.25, 0.3) is 6.08 Å². The van der Waals surface area contributed by atoms with Crippen LogP contribution in [0, 0.1) is 0 Å². The van der Waals surface area contributed by atoms with Gasteiger partial charge < -0.3 is 19.4 Å². The number of carbonyl (C=O) groups is 2. The van der Waals surface area contributed by atoms with Gasteiger partial charge in [-0.1, -0.05) is 49.5 Å². The lowest BCUT2D eigenvalue weighted by atomic mass is 10.1. The molecule has 0 aliphatic carbocycles. The Morgan fingerprint density at radius 1 is 1.40 bits per heavy atom. The smallest absolute Gasteiger partial charge is 0.266 e. The number of carbonyl (C=O) groups excluding carboxylic acids is 2. The van der Waals surface area contributed by atoms with Gasteiger partial charge in [0, 0.05) is 5.56 Å². The molecule has 0 saturated carbocycles. The van der Waals surface area contributed by atoms with Gasteiger partial charge >= 0.3 is 0 Å². The van der Waals surface area contributed by atoms with Gasteiger partial charge in [0.1, 0.15) is 4.32 Å². The number of methoxy groups -OCH3 is 2. The van der Waals surface area contributed by atoms with Gasteiger partial charge in [-0.2, -0.15) is 0 Å². The molecule has 1 amide bonds. The van der Waals surface area contributed by atoms with Crippen molar-refractivity contribution in [3.8, 4) is 11.5 Å². The lowest BCUT2D eigenvalue weighted by Gasteiger charge is -2.27. The maximum absolute atomic E-state index is 12.7. The van der Waals surface area contributed by atoms with E-state index in [1.165, 1.54) is 14.2 Å². The van der Waals surface area contributed by atoms with Gasteiger partial charge in [0.25, 0.3) is 5.91 Å². The van der Waals surface area contributed by atoms with Crippen molar-refractivity contribution >= 4 is 46.3 Å². The molecule has 1 aliphatic rings. The Hall–Kier alpha value is -2.06. The van der Waals surface area contributed by atoms with Crippen molar-refractivity contribution in [2.75, 3.05) is 14.2 Å². The van der Waals surface area contributed by atoms with Crippen LogP contribution in [0.2, 0.25) is 0 Å². The fraction of sp³-hybridized carbons (Fsp3) is 0.353. The van der Waals surface area contributed by atoms with Gasteiger partial charge in [-0.05, 0) is 18.6 Å². The number of benzene rings is 1. The molecule has 134 valence electrons. The third-order valence-electron chi connectivity index (χ3n) is 3.69. The lowest BCUT2D eigenvalue weighted by Crippen LogP contribution is -2.49. The Labute approximate surface area is 155 Å². The molecule has 6 nitrogen and oxygen atoms in total. The van der Waals surface area contributed by atoms with E-state index in [4.69, 9.17) is 21.7 Å². The average Bonchev–Trinajstić information content (AvgIpc) is 2.86. The zero-order valence-corrected chi connectivity index (χ0v) is 15.7. The molecule has 1 heterocycles. The summed E-state index contributed by atoms with van der Waals surface area (Å²) in [5.74, 6) is -0.730. The number of thiocarbonyl (C=S) groups is 1. The first-order chi connectivity index (χ1) is 11.9. The Morgan fingerprint density at radius 3 is 2.68 bits per heavy atom. The molecule has 0 bridgehead atoms. The Kier molecular flexibility index (Phi) is 6.44. The number of amides is 1. The highest BCUT2D eigenvalue weighted by Gasteiger charge is 2.37. The number of aliphatic carboxylic acids is 1. The molecule has 1 atom stereocenters. The molecule has 25 heavy (non-hydrogen) atoms. The highest BCUT2D eigenvalue weighted by atomic mass is 32.2. The molecule has 1 aliphatic heterocycles. The highest BCUT2D eigenvalue weighted by Crippen LogP contribution is 2.38. The van der Waals surface area contributed by atoms with Crippen LogP contribution < -0.4 is 14.6 Å². The molecule has 2 rings (SSSR count). The summed E-state index contributed by atoms with van der Waals surface area (Å²) in [6, 6.07) is 4.23. The van der Waals surface area contributed by atoms with E-state index in [1.54, 1.807) is 24.3 Å². The van der Waals surface area contributed by atoms with Crippen LogP contribution in [0.15, 0.2) is 23.1 Å². The average molecular weight is 380 g/mol. The van der Waals surface area contributed by atoms with Gasteiger partial charge in [-0.15, -0.1) is 0 Å². The summed E-state index contributed by atoms with van der Waals surface area (Å²) >= 11 is 6.27. The summed E-state index contributed by atoms with van der Waals surface area (Å²) in [5.41, 5.74) is 0.642. The first kappa shape index (κ1) is 19.3. The van der Waals surface area contributed by atoms with Crippen LogP contribution in [-0.4, -0.2) is 41.4 Å². The molecular weight excluding hydrogens is 362 g/mol. The molecule has 0 radical (unpaired) electrons.